The SMILES string of the molecule is O=C(COc1ccc(Oc2ccccc2)cc1)Nc1cccc(NC(=O)c2ccncc2)c1. The first-order valence-corrected chi connectivity index (χ1v) is 10.2. The third kappa shape index (κ3) is 6.41. The highest BCUT2D eigenvalue weighted by Crippen LogP contribution is 2.23. The second kappa shape index (κ2) is 10.6. The summed E-state index contributed by atoms with van der Waals surface area (Å²) in [4.78, 5) is 28.5. The van der Waals surface area contributed by atoms with Crippen molar-refractivity contribution in [2.45, 2.75) is 0 Å². The number of carbonyl (C=O) groups is 2. The molecule has 1 aromatic heterocycles. The fourth-order valence-corrected chi connectivity index (χ4v) is 2.96. The highest BCUT2D eigenvalue weighted by atomic mass is 16.5. The molecule has 0 unspecified atom stereocenters. The summed E-state index contributed by atoms with van der Waals surface area (Å²) >= 11 is 0. The number of para-hydroxylation sites is 1. The van der Waals surface area contributed by atoms with Crippen molar-refractivity contribution in [2.24, 2.45) is 0 Å². The number of benzene rings is 3. The van der Waals surface area contributed by atoms with Crippen molar-refractivity contribution in [2.75, 3.05) is 17.2 Å². The molecule has 7 heteroatoms. The van der Waals surface area contributed by atoms with Crippen LogP contribution < -0.4 is 20.1 Å². The summed E-state index contributed by atoms with van der Waals surface area (Å²) in [7, 11) is 0. The molecule has 0 bridgehead atoms. The third-order valence-corrected chi connectivity index (χ3v) is 4.52. The lowest BCUT2D eigenvalue weighted by molar-refractivity contribution is -0.118. The standard InChI is InChI=1S/C26H21N3O4/c30-25(18-32-22-9-11-24(12-10-22)33-23-7-2-1-3-8-23)28-20-5-4-6-21(17-20)29-26(31)19-13-15-27-16-14-19/h1-17H,18H2,(H,28,30)(H,29,31). The molecule has 4 rings (SSSR count). The summed E-state index contributed by atoms with van der Waals surface area (Å²) in [6.45, 7) is -0.160. The Bertz CT molecular complexity index is 1210. The monoisotopic (exact) mass is 439 g/mol. The van der Waals surface area contributed by atoms with E-state index < -0.39 is 0 Å². The summed E-state index contributed by atoms with van der Waals surface area (Å²) < 4.78 is 11.3. The van der Waals surface area contributed by atoms with Crippen LogP contribution in [-0.4, -0.2) is 23.4 Å². The zero-order valence-corrected chi connectivity index (χ0v) is 17.6. The van der Waals surface area contributed by atoms with Crippen LogP contribution in [0.5, 0.6) is 17.2 Å². The van der Waals surface area contributed by atoms with Gasteiger partial charge < -0.3 is 20.1 Å². The van der Waals surface area contributed by atoms with E-state index in [-0.39, 0.29) is 18.4 Å². The number of anilines is 2. The largest absolute Gasteiger partial charge is 0.484 e. The minimum atomic E-state index is -0.322. The Morgan fingerprint density at radius 1 is 0.697 bits per heavy atom. The Morgan fingerprint density at radius 2 is 1.33 bits per heavy atom. The predicted octanol–water partition coefficient (Wildman–Crippen LogP) is 5.14. The van der Waals surface area contributed by atoms with Gasteiger partial charge in [0.05, 0.1) is 0 Å². The number of aromatic nitrogens is 1. The zero-order valence-electron chi connectivity index (χ0n) is 17.6. The second-order valence-corrected chi connectivity index (χ2v) is 6.99. The van der Waals surface area contributed by atoms with Gasteiger partial charge in [-0.3, -0.25) is 14.6 Å². The highest BCUT2D eigenvalue weighted by Gasteiger charge is 2.08. The van der Waals surface area contributed by atoms with Crippen molar-refractivity contribution < 1.29 is 19.1 Å². The van der Waals surface area contributed by atoms with E-state index in [1.54, 1.807) is 73.1 Å². The molecule has 0 radical (unpaired) electrons. The maximum atomic E-state index is 12.3. The molecule has 164 valence electrons. The summed E-state index contributed by atoms with van der Waals surface area (Å²) in [5, 5.41) is 5.55. The second-order valence-electron chi connectivity index (χ2n) is 6.99. The van der Waals surface area contributed by atoms with Crippen molar-refractivity contribution in [1.82, 2.24) is 4.98 Å². The quantitative estimate of drug-likeness (QED) is 0.397. The number of carbonyl (C=O) groups excluding carboxylic acids is 2. The van der Waals surface area contributed by atoms with Crippen LogP contribution in [0, 0.1) is 0 Å². The van der Waals surface area contributed by atoms with Crippen LogP contribution >= 0.6 is 0 Å². The van der Waals surface area contributed by atoms with E-state index in [1.807, 2.05) is 30.3 Å². The number of hydrogen-bond acceptors (Lipinski definition) is 5. The number of nitrogens with zero attached hydrogens (tertiary/aromatic N) is 1. The van der Waals surface area contributed by atoms with Gasteiger partial charge in [0.15, 0.2) is 6.61 Å². The van der Waals surface area contributed by atoms with Crippen LogP contribution in [0.1, 0.15) is 10.4 Å². The lowest BCUT2D eigenvalue weighted by atomic mass is 10.2. The van der Waals surface area contributed by atoms with Gasteiger partial charge >= 0.3 is 0 Å². The number of hydrogen-bond donors (Lipinski definition) is 2. The molecule has 2 amide bonds. The van der Waals surface area contributed by atoms with Gasteiger partial charge in [-0.2, -0.15) is 0 Å². The normalized spacial score (nSPS) is 10.2. The average molecular weight is 439 g/mol. The van der Waals surface area contributed by atoms with Gasteiger partial charge in [0.2, 0.25) is 0 Å². The topological polar surface area (TPSA) is 89.5 Å². The fourth-order valence-electron chi connectivity index (χ4n) is 2.96. The molecule has 7 nitrogen and oxygen atoms in total. The summed E-state index contributed by atoms with van der Waals surface area (Å²) in [6.07, 6.45) is 3.10. The average Bonchev–Trinajstić information content (AvgIpc) is 2.85. The number of rotatable bonds is 8. The van der Waals surface area contributed by atoms with E-state index >= 15 is 0 Å². The predicted molar refractivity (Wildman–Crippen MR) is 126 cm³/mol. The van der Waals surface area contributed by atoms with E-state index in [0.29, 0.717) is 28.4 Å². The number of pyridine rings is 1. The van der Waals surface area contributed by atoms with E-state index in [9.17, 15) is 9.59 Å². The van der Waals surface area contributed by atoms with Crippen molar-refractivity contribution >= 4 is 23.2 Å². The Morgan fingerprint density at radius 3 is 2.06 bits per heavy atom. The zero-order chi connectivity index (χ0) is 22.9. The van der Waals surface area contributed by atoms with Crippen LogP contribution in [0.25, 0.3) is 0 Å². The minimum Gasteiger partial charge on any atom is -0.484 e. The van der Waals surface area contributed by atoms with Gasteiger partial charge in [-0.05, 0) is 66.7 Å². The van der Waals surface area contributed by atoms with Gasteiger partial charge in [-0.25, -0.2) is 0 Å². The molecule has 2 N–H and O–H groups in total. The van der Waals surface area contributed by atoms with Gasteiger partial charge in [0, 0.05) is 29.3 Å². The van der Waals surface area contributed by atoms with E-state index in [4.69, 9.17) is 9.47 Å². The molecule has 0 aliphatic rings. The molecular formula is C26H21N3O4. The molecule has 0 aliphatic carbocycles. The fraction of sp³-hybridized carbons (Fsp3) is 0.0385. The summed E-state index contributed by atoms with van der Waals surface area (Å²) in [5.41, 5.74) is 1.60. The van der Waals surface area contributed by atoms with E-state index in [0.717, 1.165) is 5.75 Å². The van der Waals surface area contributed by atoms with Crippen molar-refractivity contribution in [3.05, 3.63) is 109 Å². The molecule has 0 spiro atoms. The van der Waals surface area contributed by atoms with E-state index in [1.165, 1.54) is 0 Å². The molecule has 0 saturated heterocycles. The smallest absolute Gasteiger partial charge is 0.262 e. The van der Waals surface area contributed by atoms with Crippen molar-refractivity contribution in [3.8, 4) is 17.2 Å². The van der Waals surface area contributed by atoms with Crippen LogP contribution in [-0.2, 0) is 4.79 Å². The lowest BCUT2D eigenvalue weighted by Gasteiger charge is -2.10. The molecule has 0 aliphatic heterocycles. The molecule has 3 aromatic carbocycles. The van der Waals surface area contributed by atoms with Gasteiger partial charge in [0.1, 0.15) is 17.2 Å². The van der Waals surface area contributed by atoms with E-state index in [2.05, 4.69) is 15.6 Å². The van der Waals surface area contributed by atoms with Crippen molar-refractivity contribution in [1.29, 1.82) is 0 Å². The Kier molecular flexibility index (Phi) is 6.92. The number of ether oxygens (including phenoxy) is 2. The number of nitrogens with one attached hydrogen (secondary N) is 2. The Balaban J connectivity index is 1.27. The first-order chi connectivity index (χ1) is 16.2. The maximum absolute atomic E-state index is 12.3. The van der Waals surface area contributed by atoms with Crippen LogP contribution in [0.2, 0.25) is 0 Å². The molecule has 0 atom stereocenters. The molecule has 1 heterocycles. The lowest BCUT2D eigenvalue weighted by Crippen LogP contribution is -2.20. The first-order valence-electron chi connectivity index (χ1n) is 10.2. The molecule has 33 heavy (non-hydrogen) atoms. The maximum Gasteiger partial charge on any atom is 0.262 e. The number of amides is 2. The first kappa shape index (κ1) is 21.6. The van der Waals surface area contributed by atoms with Gasteiger partial charge in [-0.1, -0.05) is 24.3 Å². The van der Waals surface area contributed by atoms with Crippen LogP contribution in [0.3, 0.4) is 0 Å². The highest BCUT2D eigenvalue weighted by molar-refractivity contribution is 6.04. The van der Waals surface area contributed by atoms with Gasteiger partial charge in [0.25, 0.3) is 11.8 Å². The minimum absolute atomic E-state index is 0.160. The van der Waals surface area contributed by atoms with Crippen LogP contribution in [0.4, 0.5) is 11.4 Å². The van der Waals surface area contributed by atoms with Crippen molar-refractivity contribution in [3.63, 3.8) is 0 Å². The Labute approximate surface area is 191 Å². The molecule has 4 aromatic rings. The summed E-state index contributed by atoms with van der Waals surface area (Å²) in [6, 6.07) is 26.6. The Hall–Kier alpha value is -4.65. The molecule has 0 saturated carbocycles. The van der Waals surface area contributed by atoms with Crippen LogP contribution in [0.15, 0.2) is 103 Å². The third-order valence-electron chi connectivity index (χ3n) is 4.52. The molecular weight excluding hydrogens is 418 g/mol. The van der Waals surface area contributed by atoms with Gasteiger partial charge in [-0.15, -0.1) is 0 Å². The molecule has 0 fully saturated rings. The summed E-state index contributed by atoms with van der Waals surface area (Å²) in [5.74, 6) is 1.37.